The van der Waals surface area contributed by atoms with Gasteiger partial charge in [-0.3, -0.25) is 4.72 Å². The molecule has 1 heterocycles. The van der Waals surface area contributed by atoms with Gasteiger partial charge in [0.25, 0.3) is 10.0 Å². The molecule has 0 spiro atoms. The number of hydrogen-bond donors (Lipinski definition) is 2. The summed E-state index contributed by atoms with van der Waals surface area (Å²) in [7, 11) is -2.06. The highest BCUT2D eigenvalue weighted by Gasteiger charge is 2.26. The molecular weight excluding hydrogens is 376 g/mol. The third kappa shape index (κ3) is 3.93. The number of ether oxygens (including phenoxy) is 1. The Hall–Kier alpha value is -2.71. The molecule has 1 fully saturated rings. The fraction of sp³-hybridized carbons (Fsp3) is 0.300. The molecule has 2 N–H and O–H groups in total. The number of nitrogens with one attached hydrogen (secondary N) is 2. The Balaban J connectivity index is 1.69. The smallest absolute Gasteiger partial charge is 0.263 e. The van der Waals surface area contributed by atoms with Gasteiger partial charge in [0.05, 0.1) is 22.0 Å². The number of benzene rings is 2. The molecule has 8 heteroatoms. The second kappa shape index (κ2) is 7.73. The Morgan fingerprint density at radius 1 is 0.929 bits per heavy atom. The summed E-state index contributed by atoms with van der Waals surface area (Å²) in [6, 6.07) is 15.8. The van der Waals surface area contributed by atoms with Gasteiger partial charge in [-0.05, 0) is 43.5 Å². The van der Waals surface area contributed by atoms with Crippen molar-refractivity contribution in [1.29, 1.82) is 0 Å². The molecule has 2 aromatic carbocycles. The minimum Gasteiger partial charge on any atom is -0.381 e. The zero-order valence-corrected chi connectivity index (χ0v) is 16.3. The lowest BCUT2D eigenvalue weighted by Crippen LogP contribution is -2.21. The van der Waals surface area contributed by atoms with Crippen LogP contribution in [0.2, 0.25) is 0 Å². The van der Waals surface area contributed by atoms with Gasteiger partial charge >= 0.3 is 0 Å². The third-order valence-electron chi connectivity index (χ3n) is 4.91. The third-order valence-corrected chi connectivity index (χ3v) is 6.27. The van der Waals surface area contributed by atoms with Crippen LogP contribution in [0.5, 0.6) is 0 Å². The normalized spacial score (nSPS) is 19.6. The Kier molecular flexibility index (Phi) is 5.15. The molecule has 3 aromatic rings. The number of sulfonamides is 1. The van der Waals surface area contributed by atoms with Gasteiger partial charge in [0.1, 0.15) is 0 Å². The van der Waals surface area contributed by atoms with Crippen LogP contribution in [0.1, 0.15) is 19.3 Å². The summed E-state index contributed by atoms with van der Waals surface area (Å²) < 4.78 is 33.6. The Morgan fingerprint density at radius 2 is 1.57 bits per heavy atom. The van der Waals surface area contributed by atoms with Gasteiger partial charge in [-0.2, -0.15) is 0 Å². The number of methoxy groups -OCH3 is 1. The van der Waals surface area contributed by atoms with E-state index in [4.69, 9.17) is 4.74 Å². The van der Waals surface area contributed by atoms with Gasteiger partial charge in [-0.25, -0.2) is 18.4 Å². The van der Waals surface area contributed by atoms with E-state index in [0.29, 0.717) is 16.9 Å². The molecule has 1 saturated carbocycles. The van der Waals surface area contributed by atoms with E-state index in [0.717, 1.165) is 19.3 Å². The second-order valence-corrected chi connectivity index (χ2v) is 8.52. The van der Waals surface area contributed by atoms with Crippen molar-refractivity contribution in [3.05, 3.63) is 54.6 Å². The Bertz CT molecular complexity index is 1070. The first-order valence-corrected chi connectivity index (χ1v) is 10.7. The van der Waals surface area contributed by atoms with Crippen LogP contribution in [0.4, 0.5) is 11.6 Å². The molecule has 2 atom stereocenters. The van der Waals surface area contributed by atoms with Crippen LogP contribution in [0.15, 0.2) is 59.5 Å². The summed E-state index contributed by atoms with van der Waals surface area (Å²) in [5.41, 5.74) is 1.33. The molecular formula is C20H22N4O3S. The van der Waals surface area contributed by atoms with Gasteiger partial charge in [0, 0.05) is 13.2 Å². The standard InChI is InChI=1S/C20H22N4O3S/c1-27-15-12-11-14(13-15)21-19-20(23-18-10-6-5-9-17(18)22-19)24-28(25,26)16-7-3-2-4-8-16/h2-10,14-15H,11-13H2,1H3,(H,21,22)(H,23,24). The van der Waals surface area contributed by atoms with Crippen molar-refractivity contribution in [3.63, 3.8) is 0 Å². The number of aromatic nitrogens is 2. The molecule has 0 radical (unpaired) electrons. The monoisotopic (exact) mass is 398 g/mol. The first-order chi connectivity index (χ1) is 13.5. The maximum atomic E-state index is 12.8. The van der Waals surface area contributed by atoms with Crippen molar-refractivity contribution in [2.75, 3.05) is 17.1 Å². The molecule has 7 nitrogen and oxygen atoms in total. The van der Waals surface area contributed by atoms with E-state index in [9.17, 15) is 8.42 Å². The SMILES string of the molecule is COC1CCC(Nc2nc3ccccc3nc2NS(=O)(=O)c2ccccc2)C1. The summed E-state index contributed by atoms with van der Waals surface area (Å²) in [6.45, 7) is 0. The molecule has 4 rings (SSSR count). The van der Waals surface area contributed by atoms with Gasteiger partial charge in [0.15, 0.2) is 11.6 Å². The summed E-state index contributed by atoms with van der Waals surface area (Å²) in [6.07, 6.45) is 2.93. The molecule has 1 aliphatic carbocycles. The van der Waals surface area contributed by atoms with Gasteiger partial charge in [0.2, 0.25) is 0 Å². The van der Waals surface area contributed by atoms with E-state index in [1.54, 1.807) is 37.4 Å². The number of fused-ring (bicyclic) bond motifs is 1. The van der Waals surface area contributed by atoms with Crippen LogP contribution >= 0.6 is 0 Å². The highest BCUT2D eigenvalue weighted by atomic mass is 32.2. The minimum absolute atomic E-state index is 0.153. The lowest BCUT2D eigenvalue weighted by molar-refractivity contribution is 0.108. The van der Waals surface area contributed by atoms with Crippen molar-refractivity contribution in [2.24, 2.45) is 0 Å². The van der Waals surface area contributed by atoms with Crippen LogP contribution in [0.25, 0.3) is 11.0 Å². The van der Waals surface area contributed by atoms with E-state index in [2.05, 4.69) is 20.0 Å². The molecule has 0 saturated heterocycles. The number of nitrogens with zero attached hydrogens (tertiary/aromatic N) is 2. The van der Waals surface area contributed by atoms with Crippen molar-refractivity contribution >= 4 is 32.7 Å². The van der Waals surface area contributed by atoms with Crippen LogP contribution in [-0.2, 0) is 14.8 Å². The lowest BCUT2D eigenvalue weighted by atomic mass is 10.2. The molecule has 1 aliphatic rings. The highest BCUT2D eigenvalue weighted by molar-refractivity contribution is 7.92. The quantitative estimate of drug-likeness (QED) is 0.661. The van der Waals surface area contributed by atoms with Crippen molar-refractivity contribution in [3.8, 4) is 0 Å². The highest BCUT2D eigenvalue weighted by Crippen LogP contribution is 2.29. The molecule has 0 aliphatic heterocycles. The minimum atomic E-state index is -3.77. The molecule has 2 unspecified atom stereocenters. The molecule has 1 aromatic heterocycles. The average molecular weight is 398 g/mol. The topological polar surface area (TPSA) is 93.2 Å². The number of para-hydroxylation sites is 2. The van der Waals surface area contributed by atoms with E-state index in [1.165, 1.54) is 0 Å². The van der Waals surface area contributed by atoms with Crippen molar-refractivity contribution < 1.29 is 13.2 Å². The van der Waals surface area contributed by atoms with Crippen LogP contribution in [0.3, 0.4) is 0 Å². The fourth-order valence-electron chi connectivity index (χ4n) is 3.44. The molecule has 0 bridgehead atoms. The summed E-state index contributed by atoms with van der Waals surface area (Å²) in [5.74, 6) is 0.628. The van der Waals surface area contributed by atoms with Crippen molar-refractivity contribution in [1.82, 2.24) is 9.97 Å². The Morgan fingerprint density at radius 3 is 2.21 bits per heavy atom. The van der Waals surface area contributed by atoms with Gasteiger partial charge in [-0.15, -0.1) is 0 Å². The fourth-order valence-corrected chi connectivity index (χ4v) is 4.47. The van der Waals surface area contributed by atoms with E-state index < -0.39 is 10.0 Å². The first-order valence-electron chi connectivity index (χ1n) is 9.19. The molecule has 0 amide bonds. The number of rotatable bonds is 6. The largest absolute Gasteiger partial charge is 0.381 e. The average Bonchev–Trinajstić information content (AvgIpc) is 3.16. The lowest BCUT2D eigenvalue weighted by Gasteiger charge is -2.17. The van der Waals surface area contributed by atoms with E-state index in [1.807, 2.05) is 24.3 Å². The van der Waals surface area contributed by atoms with Crippen LogP contribution in [-0.4, -0.2) is 37.6 Å². The summed E-state index contributed by atoms with van der Waals surface area (Å²) in [5, 5.41) is 3.36. The molecule has 146 valence electrons. The first kappa shape index (κ1) is 18.6. The van der Waals surface area contributed by atoms with E-state index in [-0.39, 0.29) is 22.9 Å². The van der Waals surface area contributed by atoms with Gasteiger partial charge in [-0.1, -0.05) is 30.3 Å². The molecule has 28 heavy (non-hydrogen) atoms. The van der Waals surface area contributed by atoms with Crippen molar-refractivity contribution in [2.45, 2.75) is 36.3 Å². The van der Waals surface area contributed by atoms with Crippen LogP contribution in [0, 0.1) is 0 Å². The maximum Gasteiger partial charge on any atom is 0.263 e. The van der Waals surface area contributed by atoms with E-state index >= 15 is 0 Å². The summed E-state index contributed by atoms with van der Waals surface area (Å²) in [4.78, 5) is 9.32. The summed E-state index contributed by atoms with van der Waals surface area (Å²) >= 11 is 0. The second-order valence-electron chi connectivity index (χ2n) is 6.84. The van der Waals surface area contributed by atoms with Gasteiger partial charge < -0.3 is 10.1 Å². The zero-order valence-electron chi connectivity index (χ0n) is 15.5. The predicted octanol–water partition coefficient (Wildman–Crippen LogP) is 3.41. The predicted molar refractivity (Wildman–Crippen MR) is 109 cm³/mol. The number of hydrogen-bond acceptors (Lipinski definition) is 6. The zero-order chi connectivity index (χ0) is 19.6. The number of anilines is 2. The Labute approximate surface area is 164 Å². The maximum absolute atomic E-state index is 12.8. The van der Waals surface area contributed by atoms with Crippen LogP contribution < -0.4 is 10.0 Å².